The molecular formula is C16H23N5. The van der Waals surface area contributed by atoms with Crippen LogP contribution < -0.4 is 10.2 Å². The summed E-state index contributed by atoms with van der Waals surface area (Å²) >= 11 is 0. The maximum absolute atomic E-state index is 4.58. The number of aromatic nitrogens is 3. The summed E-state index contributed by atoms with van der Waals surface area (Å²) in [5.41, 5.74) is 3.41. The van der Waals surface area contributed by atoms with Gasteiger partial charge in [0.15, 0.2) is 5.82 Å². The number of aryl methyl sites for hydroxylation is 2. The van der Waals surface area contributed by atoms with E-state index in [1.54, 1.807) is 0 Å². The van der Waals surface area contributed by atoms with Crippen molar-refractivity contribution >= 4 is 11.5 Å². The van der Waals surface area contributed by atoms with Crippen LogP contribution in [0.3, 0.4) is 0 Å². The number of hydrogen-bond acceptors (Lipinski definition) is 4. The predicted molar refractivity (Wildman–Crippen MR) is 85.7 cm³/mol. The van der Waals surface area contributed by atoms with E-state index in [1.165, 1.54) is 18.4 Å². The van der Waals surface area contributed by atoms with Crippen molar-refractivity contribution in [3.05, 3.63) is 35.8 Å². The highest BCUT2D eigenvalue weighted by Crippen LogP contribution is 2.29. The third-order valence-corrected chi connectivity index (χ3v) is 4.08. The van der Waals surface area contributed by atoms with Crippen LogP contribution in [0.2, 0.25) is 0 Å². The second kappa shape index (κ2) is 5.76. The van der Waals surface area contributed by atoms with Crippen molar-refractivity contribution in [1.82, 2.24) is 14.8 Å². The summed E-state index contributed by atoms with van der Waals surface area (Å²) in [6.45, 7) is 6.43. The summed E-state index contributed by atoms with van der Waals surface area (Å²) in [7, 11) is 1.96. The minimum atomic E-state index is 0.212. The van der Waals surface area contributed by atoms with E-state index in [2.05, 4.69) is 46.4 Å². The van der Waals surface area contributed by atoms with E-state index in [9.17, 15) is 0 Å². The van der Waals surface area contributed by atoms with Crippen molar-refractivity contribution in [1.29, 1.82) is 0 Å². The Hall–Kier alpha value is -2.04. The molecule has 0 radical (unpaired) electrons. The molecule has 1 unspecified atom stereocenters. The fourth-order valence-electron chi connectivity index (χ4n) is 3.04. The molecule has 0 spiro atoms. The molecule has 1 saturated heterocycles. The monoisotopic (exact) mass is 285 g/mol. The molecule has 3 rings (SSSR count). The summed E-state index contributed by atoms with van der Waals surface area (Å²) in [6.07, 6.45) is 6.47. The largest absolute Gasteiger partial charge is 0.375 e. The van der Waals surface area contributed by atoms with E-state index in [0.29, 0.717) is 0 Å². The first-order valence-corrected chi connectivity index (χ1v) is 7.62. The van der Waals surface area contributed by atoms with E-state index in [4.69, 9.17) is 0 Å². The van der Waals surface area contributed by atoms with E-state index < -0.39 is 0 Å². The topological polar surface area (TPSA) is 46.0 Å². The number of nitrogens with zero attached hydrogens (tertiary/aromatic N) is 4. The number of anilines is 2. The van der Waals surface area contributed by atoms with Gasteiger partial charge in [-0.15, -0.1) is 0 Å². The Morgan fingerprint density at radius 2 is 2.05 bits per heavy atom. The molecule has 1 aliphatic rings. The van der Waals surface area contributed by atoms with Crippen LogP contribution >= 0.6 is 0 Å². The highest BCUT2D eigenvalue weighted by Gasteiger charge is 2.19. The summed E-state index contributed by atoms with van der Waals surface area (Å²) in [4.78, 5) is 6.94. The lowest BCUT2D eigenvalue weighted by molar-refractivity contribution is 0.756. The van der Waals surface area contributed by atoms with Crippen molar-refractivity contribution < 1.29 is 0 Å². The molecule has 0 aromatic carbocycles. The third-order valence-electron chi connectivity index (χ3n) is 4.08. The lowest BCUT2D eigenvalue weighted by atomic mass is 10.1. The summed E-state index contributed by atoms with van der Waals surface area (Å²) in [6, 6.07) is 4.32. The van der Waals surface area contributed by atoms with Crippen molar-refractivity contribution in [2.24, 2.45) is 7.05 Å². The first-order chi connectivity index (χ1) is 10.1. The maximum Gasteiger partial charge on any atom is 0.151 e. The molecule has 1 fully saturated rings. The first kappa shape index (κ1) is 13.9. The summed E-state index contributed by atoms with van der Waals surface area (Å²) in [5.74, 6) is 1.07. The SMILES string of the molecule is Cc1nn(C)cc1C(C)Nc1cccnc1N1CCCC1. The quantitative estimate of drug-likeness (QED) is 0.938. The van der Waals surface area contributed by atoms with Gasteiger partial charge in [0.1, 0.15) is 0 Å². The lowest BCUT2D eigenvalue weighted by Crippen LogP contribution is -2.21. The molecule has 0 amide bonds. The highest BCUT2D eigenvalue weighted by molar-refractivity contribution is 5.66. The van der Waals surface area contributed by atoms with Crippen molar-refractivity contribution in [2.75, 3.05) is 23.3 Å². The number of pyridine rings is 1. The molecule has 0 saturated carbocycles. The first-order valence-electron chi connectivity index (χ1n) is 7.62. The molecule has 1 N–H and O–H groups in total. The molecule has 2 aromatic rings. The Morgan fingerprint density at radius 1 is 1.29 bits per heavy atom. The van der Waals surface area contributed by atoms with Gasteiger partial charge in [-0.25, -0.2) is 4.98 Å². The fourth-order valence-corrected chi connectivity index (χ4v) is 3.04. The van der Waals surface area contributed by atoms with E-state index >= 15 is 0 Å². The summed E-state index contributed by atoms with van der Waals surface area (Å²) < 4.78 is 1.87. The second-order valence-corrected chi connectivity index (χ2v) is 5.78. The molecule has 0 aliphatic carbocycles. The highest BCUT2D eigenvalue weighted by atomic mass is 15.3. The Balaban J connectivity index is 1.82. The van der Waals surface area contributed by atoms with Crippen LogP contribution in [0, 0.1) is 6.92 Å². The van der Waals surface area contributed by atoms with Crippen LogP contribution in [0.25, 0.3) is 0 Å². The van der Waals surface area contributed by atoms with E-state index in [0.717, 1.165) is 30.3 Å². The minimum Gasteiger partial charge on any atom is -0.375 e. The fraction of sp³-hybridized carbons (Fsp3) is 0.500. The number of rotatable bonds is 4. The minimum absolute atomic E-state index is 0.212. The lowest BCUT2D eigenvalue weighted by Gasteiger charge is -2.23. The summed E-state index contributed by atoms with van der Waals surface area (Å²) in [5, 5.41) is 8.02. The van der Waals surface area contributed by atoms with Crippen molar-refractivity contribution in [2.45, 2.75) is 32.7 Å². The second-order valence-electron chi connectivity index (χ2n) is 5.78. The van der Waals surface area contributed by atoms with Crippen LogP contribution in [0.15, 0.2) is 24.5 Å². The molecule has 0 bridgehead atoms. The van der Waals surface area contributed by atoms with Gasteiger partial charge < -0.3 is 10.2 Å². The Morgan fingerprint density at radius 3 is 2.71 bits per heavy atom. The zero-order valence-corrected chi connectivity index (χ0v) is 13.0. The number of nitrogens with one attached hydrogen (secondary N) is 1. The van der Waals surface area contributed by atoms with E-state index in [1.807, 2.05) is 24.0 Å². The van der Waals surface area contributed by atoms with Crippen molar-refractivity contribution in [3.63, 3.8) is 0 Å². The zero-order chi connectivity index (χ0) is 14.8. The van der Waals surface area contributed by atoms with Gasteiger partial charge in [0.25, 0.3) is 0 Å². The molecular weight excluding hydrogens is 262 g/mol. The van der Waals surface area contributed by atoms with Crippen molar-refractivity contribution in [3.8, 4) is 0 Å². The molecule has 21 heavy (non-hydrogen) atoms. The smallest absolute Gasteiger partial charge is 0.151 e. The Bertz CT molecular complexity index is 613. The average Bonchev–Trinajstić information content (AvgIpc) is 3.09. The van der Waals surface area contributed by atoms with Crippen LogP contribution in [0.4, 0.5) is 11.5 Å². The van der Waals surface area contributed by atoms with Gasteiger partial charge in [-0.1, -0.05) is 0 Å². The molecule has 112 valence electrons. The van der Waals surface area contributed by atoms with E-state index in [-0.39, 0.29) is 6.04 Å². The Kier molecular flexibility index (Phi) is 3.82. The van der Waals surface area contributed by atoms with Gasteiger partial charge in [-0.3, -0.25) is 4.68 Å². The van der Waals surface area contributed by atoms with Crippen LogP contribution in [0.1, 0.15) is 37.1 Å². The molecule has 1 aliphatic heterocycles. The predicted octanol–water partition coefficient (Wildman–Crippen LogP) is 2.90. The van der Waals surface area contributed by atoms with Gasteiger partial charge in [-0.2, -0.15) is 5.10 Å². The maximum atomic E-state index is 4.58. The number of hydrogen-bond donors (Lipinski definition) is 1. The average molecular weight is 285 g/mol. The standard InChI is InChI=1S/C16H23N5/c1-12(14-11-20(3)19-13(14)2)18-15-7-6-8-17-16(15)21-9-4-5-10-21/h6-8,11-12,18H,4-5,9-10H2,1-3H3. The Labute approximate surface area is 126 Å². The molecule has 3 heterocycles. The van der Waals surface area contributed by atoms with Crippen LogP contribution in [-0.4, -0.2) is 27.9 Å². The van der Waals surface area contributed by atoms with Crippen LogP contribution in [0.5, 0.6) is 0 Å². The zero-order valence-electron chi connectivity index (χ0n) is 13.0. The normalized spacial score (nSPS) is 16.2. The van der Waals surface area contributed by atoms with Gasteiger partial charge in [0.2, 0.25) is 0 Å². The van der Waals surface area contributed by atoms with Gasteiger partial charge in [0.05, 0.1) is 17.4 Å². The molecule has 1 atom stereocenters. The van der Waals surface area contributed by atoms with Gasteiger partial charge in [-0.05, 0) is 38.8 Å². The van der Waals surface area contributed by atoms with Crippen LogP contribution in [-0.2, 0) is 7.05 Å². The molecule has 2 aromatic heterocycles. The molecule has 5 heteroatoms. The molecule has 5 nitrogen and oxygen atoms in total. The van der Waals surface area contributed by atoms with Gasteiger partial charge in [0, 0.05) is 38.1 Å². The van der Waals surface area contributed by atoms with Gasteiger partial charge >= 0.3 is 0 Å². The third kappa shape index (κ3) is 2.86.